The Labute approximate surface area is 81.7 Å². The molecule has 0 heteroatoms. The van der Waals surface area contributed by atoms with Gasteiger partial charge in [0.2, 0.25) is 0 Å². The third-order valence-corrected chi connectivity index (χ3v) is 3.59. The van der Waals surface area contributed by atoms with Crippen molar-refractivity contribution in [3.8, 4) is 0 Å². The quantitative estimate of drug-likeness (QED) is 0.568. The summed E-state index contributed by atoms with van der Waals surface area (Å²) in [5.74, 6) is 1.83. The first kappa shape index (κ1) is 9.05. The highest BCUT2D eigenvalue weighted by Crippen LogP contribution is 2.49. The Kier molecular flexibility index (Phi) is 2.57. The Hall–Kier alpha value is -0.520. The van der Waals surface area contributed by atoms with Crippen molar-refractivity contribution in [1.82, 2.24) is 0 Å². The van der Waals surface area contributed by atoms with Crippen LogP contribution in [0.15, 0.2) is 23.3 Å². The Morgan fingerprint density at radius 2 is 2.08 bits per heavy atom. The van der Waals surface area contributed by atoms with Crippen molar-refractivity contribution in [2.75, 3.05) is 0 Å². The third kappa shape index (κ3) is 1.59. The van der Waals surface area contributed by atoms with Crippen molar-refractivity contribution in [3.63, 3.8) is 0 Å². The van der Waals surface area contributed by atoms with E-state index in [1.807, 2.05) is 0 Å². The molecular weight excluding hydrogens is 156 g/mol. The molecule has 0 aromatic carbocycles. The van der Waals surface area contributed by atoms with Crippen LogP contribution < -0.4 is 0 Å². The van der Waals surface area contributed by atoms with Crippen LogP contribution in [0.3, 0.4) is 0 Å². The molecule has 0 radical (unpaired) electrons. The first-order valence-electron chi connectivity index (χ1n) is 5.72. The highest BCUT2D eigenvalue weighted by Gasteiger charge is 2.34. The zero-order chi connectivity index (χ0) is 9.26. The molecule has 0 bridgehead atoms. The molecule has 0 saturated heterocycles. The van der Waals surface area contributed by atoms with Gasteiger partial charge in [0.25, 0.3) is 0 Å². The molecule has 13 heavy (non-hydrogen) atoms. The minimum Gasteiger partial charge on any atom is -0.0882 e. The Morgan fingerprint density at radius 1 is 1.23 bits per heavy atom. The molecule has 2 aliphatic rings. The second kappa shape index (κ2) is 3.69. The maximum absolute atomic E-state index is 2.43. The van der Waals surface area contributed by atoms with Gasteiger partial charge in [0.1, 0.15) is 0 Å². The molecule has 0 aromatic heterocycles. The van der Waals surface area contributed by atoms with Gasteiger partial charge in [-0.1, -0.05) is 43.6 Å². The fraction of sp³-hybridized carbons (Fsp3) is 0.692. The molecule has 0 saturated carbocycles. The summed E-state index contributed by atoms with van der Waals surface area (Å²) >= 11 is 0. The molecule has 0 aromatic rings. The second-order valence-corrected chi connectivity index (χ2v) is 4.46. The lowest BCUT2D eigenvalue weighted by Gasteiger charge is -2.26. The van der Waals surface area contributed by atoms with Crippen molar-refractivity contribution < 1.29 is 0 Å². The van der Waals surface area contributed by atoms with E-state index in [0.29, 0.717) is 0 Å². The van der Waals surface area contributed by atoms with Crippen LogP contribution in [0.5, 0.6) is 0 Å². The molecule has 0 aliphatic heterocycles. The average molecular weight is 176 g/mol. The highest BCUT2D eigenvalue weighted by molar-refractivity contribution is 5.36. The molecule has 0 fully saturated rings. The zero-order valence-electron chi connectivity index (χ0n) is 8.84. The van der Waals surface area contributed by atoms with Gasteiger partial charge < -0.3 is 0 Å². The minimum absolute atomic E-state index is 0.839. The molecule has 0 spiro atoms. The van der Waals surface area contributed by atoms with Gasteiger partial charge in [-0.25, -0.2) is 0 Å². The van der Waals surface area contributed by atoms with Crippen molar-refractivity contribution >= 4 is 0 Å². The van der Waals surface area contributed by atoms with E-state index in [4.69, 9.17) is 0 Å². The van der Waals surface area contributed by atoms with Crippen LogP contribution >= 0.6 is 0 Å². The van der Waals surface area contributed by atoms with E-state index in [1.54, 1.807) is 11.1 Å². The van der Waals surface area contributed by atoms with Crippen LogP contribution in [-0.2, 0) is 0 Å². The van der Waals surface area contributed by atoms with Gasteiger partial charge in [-0.05, 0) is 31.6 Å². The predicted octanol–water partition coefficient (Wildman–Crippen LogP) is 4.09. The first-order valence-corrected chi connectivity index (χ1v) is 5.72. The van der Waals surface area contributed by atoms with E-state index in [-0.39, 0.29) is 0 Å². The Bertz CT molecular complexity index is 245. The monoisotopic (exact) mass is 176 g/mol. The minimum atomic E-state index is 0.839. The summed E-state index contributed by atoms with van der Waals surface area (Å²) in [6.45, 7) is 4.54. The first-order chi connectivity index (χ1) is 6.35. The van der Waals surface area contributed by atoms with Crippen molar-refractivity contribution in [2.45, 2.75) is 46.0 Å². The van der Waals surface area contributed by atoms with E-state index in [0.717, 1.165) is 11.8 Å². The van der Waals surface area contributed by atoms with E-state index >= 15 is 0 Å². The zero-order valence-corrected chi connectivity index (χ0v) is 8.84. The lowest BCUT2D eigenvalue weighted by Crippen LogP contribution is -2.11. The summed E-state index contributed by atoms with van der Waals surface area (Å²) < 4.78 is 0. The van der Waals surface area contributed by atoms with Crippen LogP contribution in [-0.4, -0.2) is 0 Å². The molecule has 0 heterocycles. The lowest BCUT2D eigenvalue weighted by molar-refractivity contribution is 0.540. The standard InChI is InChI=1S/C13H20/c1-3-5-6-11-9-12-7-10(4-2)8-13(11)12/h5-6,10-11H,3-4,7-9H2,1-2H3. The number of hydrogen-bond donors (Lipinski definition) is 0. The van der Waals surface area contributed by atoms with E-state index in [9.17, 15) is 0 Å². The molecule has 2 rings (SSSR count). The van der Waals surface area contributed by atoms with Gasteiger partial charge in [0, 0.05) is 5.92 Å². The average Bonchev–Trinajstić information content (AvgIpc) is 2.45. The second-order valence-electron chi connectivity index (χ2n) is 4.46. The van der Waals surface area contributed by atoms with Gasteiger partial charge in [-0.15, -0.1) is 0 Å². The van der Waals surface area contributed by atoms with Crippen LogP contribution in [0.4, 0.5) is 0 Å². The molecule has 2 unspecified atom stereocenters. The lowest BCUT2D eigenvalue weighted by atomic mass is 9.79. The van der Waals surface area contributed by atoms with Crippen LogP contribution in [0.2, 0.25) is 0 Å². The number of allylic oxidation sites excluding steroid dienone is 4. The molecule has 0 nitrogen and oxygen atoms in total. The topological polar surface area (TPSA) is 0 Å². The number of hydrogen-bond acceptors (Lipinski definition) is 0. The van der Waals surface area contributed by atoms with E-state index in [1.165, 1.54) is 32.1 Å². The Balaban J connectivity index is 1.92. The van der Waals surface area contributed by atoms with Gasteiger partial charge in [0.05, 0.1) is 0 Å². The van der Waals surface area contributed by atoms with Crippen molar-refractivity contribution in [2.24, 2.45) is 11.8 Å². The maximum Gasteiger partial charge on any atom is 0.00168 e. The normalized spacial score (nSPS) is 32.5. The van der Waals surface area contributed by atoms with E-state index in [2.05, 4.69) is 26.0 Å². The highest BCUT2D eigenvalue weighted by atomic mass is 14.4. The van der Waals surface area contributed by atoms with Crippen LogP contribution in [0, 0.1) is 11.8 Å². The van der Waals surface area contributed by atoms with Crippen LogP contribution in [0.25, 0.3) is 0 Å². The van der Waals surface area contributed by atoms with Crippen molar-refractivity contribution in [3.05, 3.63) is 23.3 Å². The molecular formula is C13H20. The molecule has 0 N–H and O–H groups in total. The third-order valence-electron chi connectivity index (χ3n) is 3.59. The maximum atomic E-state index is 2.43. The van der Waals surface area contributed by atoms with Crippen molar-refractivity contribution in [1.29, 1.82) is 0 Å². The summed E-state index contributed by atoms with van der Waals surface area (Å²) in [6, 6.07) is 0. The fourth-order valence-corrected chi connectivity index (χ4v) is 2.67. The fourth-order valence-electron chi connectivity index (χ4n) is 2.67. The van der Waals surface area contributed by atoms with Gasteiger partial charge in [-0.3, -0.25) is 0 Å². The SMILES string of the molecule is CCC=CC1CC2=C1CC(CC)C2. The molecule has 2 atom stereocenters. The molecule has 2 aliphatic carbocycles. The molecule has 72 valence electrons. The Morgan fingerprint density at radius 3 is 2.77 bits per heavy atom. The summed E-state index contributed by atoms with van der Waals surface area (Å²) in [4.78, 5) is 0. The largest absolute Gasteiger partial charge is 0.0882 e. The van der Waals surface area contributed by atoms with Gasteiger partial charge in [-0.2, -0.15) is 0 Å². The molecule has 0 amide bonds. The van der Waals surface area contributed by atoms with Crippen LogP contribution in [0.1, 0.15) is 46.0 Å². The summed E-state index contributed by atoms with van der Waals surface area (Å²) in [6.07, 6.45) is 11.5. The van der Waals surface area contributed by atoms with E-state index < -0.39 is 0 Å². The summed E-state index contributed by atoms with van der Waals surface area (Å²) in [5, 5.41) is 0. The van der Waals surface area contributed by atoms with Gasteiger partial charge in [0.15, 0.2) is 0 Å². The van der Waals surface area contributed by atoms with Gasteiger partial charge >= 0.3 is 0 Å². The number of rotatable bonds is 3. The summed E-state index contributed by atoms with van der Waals surface area (Å²) in [5.41, 5.74) is 3.61. The predicted molar refractivity (Wildman–Crippen MR) is 57.6 cm³/mol. The smallest absolute Gasteiger partial charge is 0.00168 e. The summed E-state index contributed by atoms with van der Waals surface area (Å²) in [7, 11) is 0.